The second-order valence-electron chi connectivity index (χ2n) is 9.62. The molecule has 0 radical (unpaired) electrons. The number of aliphatic imine (C=N–C) groups is 1. The lowest BCUT2D eigenvalue weighted by Crippen LogP contribution is -2.58. The lowest BCUT2D eigenvalue weighted by atomic mass is 9.93. The maximum atomic E-state index is 14.8. The van der Waals surface area contributed by atoms with E-state index in [0.29, 0.717) is 5.56 Å². The summed E-state index contributed by atoms with van der Waals surface area (Å²) in [4.78, 5) is 17.3. The highest BCUT2D eigenvalue weighted by Crippen LogP contribution is 2.41. The van der Waals surface area contributed by atoms with Gasteiger partial charge in [-0.05, 0) is 95.2 Å². The molecule has 1 aromatic rings. The summed E-state index contributed by atoms with van der Waals surface area (Å²) in [6.07, 6.45) is 1.11. The number of carbonyl (C=O) groups is 1. The van der Waals surface area contributed by atoms with Crippen LogP contribution in [0.3, 0.4) is 0 Å². The lowest BCUT2D eigenvalue weighted by molar-refractivity contribution is 0.0560. The van der Waals surface area contributed by atoms with Crippen molar-refractivity contribution in [2.45, 2.75) is 76.3 Å². The number of halogens is 2. The highest BCUT2D eigenvalue weighted by Gasteiger charge is 2.50. The standard InChI is InChI=1S/C21H29FIN3O3S/c1-19(2,3)29-18(27)24-17-20(4,5)30(28,26-14-8-9-14)12-21(6,25-17)15-11-13(23)7-10-16(15)22/h7,10-11,14H,8-9,12H2,1-6H3,(H,24,25,27)/t21-,30+/m0/s1. The van der Waals surface area contributed by atoms with Crippen LogP contribution in [0.2, 0.25) is 0 Å². The number of nitrogens with zero attached hydrogens (tertiary/aromatic N) is 2. The summed E-state index contributed by atoms with van der Waals surface area (Å²) in [5, 5.41) is 2.70. The molecular weight excluding hydrogens is 520 g/mol. The second-order valence-corrected chi connectivity index (χ2v) is 13.7. The summed E-state index contributed by atoms with van der Waals surface area (Å²) in [5.74, 6) is -0.135. The van der Waals surface area contributed by atoms with Crippen LogP contribution >= 0.6 is 22.6 Å². The number of amides is 1. The van der Waals surface area contributed by atoms with Crippen LogP contribution in [-0.4, -0.2) is 38.3 Å². The molecule has 9 heteroatoms. The molecule has 0 unspecified atom stereocenters. The molecule has 1 saturated carbocycles. The van der Waals surface area contributed by atoms with Gasteiger partial charge in [0.15, 0.2) is 0 Å². The third-order valence-corrected chi connectivity index (χ3v) is 9.25. The summed E-state index contributed by atoms with van der Waals surface area (Å²) in [7, 11) is -2.87. The number of amidine groups is 1. The molecule has 6 nitrogen and oxygen atoms in total. The molecule has 3 rings (SSSR count). The van der Waals surface area contributed by atoms with E-state index < -0.39 is 37.5 Å². The first-order valence-electron chi connectivity index (χ1n) is 9.95. The monoisotopic (exact) mass is 549 g/mol. The van der Waals surface area contributed by atoms with Crippen LogP contribution in [0.4, 0.5) is 9.18 Å². The number of hydrogen-bond acceptors (Lipinski definition) is 5. The Kier molecular flexibility index (Phi) is 6.03. The van der Waals surface area contributed by atoms with E-state index >= 15 is 0 Å². The molecule has 2 aliphatic rings. The van der Waals surface area contributed by atoms with Gasteiger partial charge in [-0.25, -0.2) is 17.8 Å². The van der Waals surface area contributed by atoms with Gasteiger partial charge in [-0.1, -0.05) is 0 Å². The van der Waals surface area contributed by atoms with Crippen LogP contribution in [0.5, 0.6) is 0 Å². The minimum absolute atomic E-state index is 0.0441. The smallest absolute Gasteiger partial charge is 0.413 e. The molecule has 0 spiro atoms. The van der Waals surface area contributed by atoms with Gasteiger partial charge in [0.25, 0.3) is 0 Å². The molecule has 30 heavy (non-hydrogen) atoms. The Morgan fingerprint density at radius 2 is 1.97 bits per heavy atom. The van der Waals surface area contributed by atoms with Crippen molar-refractivity contribution in [1.29, 1.82) is 0 Å². The number of nitrogens with one attached hydrogen (secondary N) is 1. The molecule has 0 saturated heterocycles. The largest absolute Gasteiger partial charge is 0.444 e. The normalized spacial score (nSPS) is 28.5. The van der Waals surface area contributed by atoms with Gasteiger partial charge in [0.05, 0.1) is 21.5 Å². The van der Waals surface area contributed by atoms with Crippen molar-refractivity contribution in [1.82, 2.24) is 5.32 Å². The molecule has 1 fully saturated rings. The van der Waals surface area contributed by atoms with E-state index in [1.54, 1.807) is 53.7 Å². The quantitative estimate of drug-likeness (QED) is 0.528. The van der Waals surface area contributed by atoms with Crippen LogP contribution in [0, 0.1) is 9.39 Å². The maximum Gasteiger partial charge on any atom is 0.413 e. The van der Waals surface area contributed by atoms with E-state index in [0.717, 1.165) is 16.4 Å². The summed E-state index contributed by atoms with van der Waals surface area (Å²) < 4.78 is 38.9. The van der Waals surface area contributed by atoms with E-state index in [1.807, 2.05) is 0 Å². The predicted molar refractivity (Wildman–Crippen MR) is 126 cm³/mol. The Bertz CT molecular complexity index is 1020. The third-order valence-electron chi connectivity index (χ3n) is 5.20. The van der Waals surface area contributed by atoms with E-state index in [9.17, 15) is 13.4 Å². The Balaban J connectivity index is 2.14. The number of carbonyl (C=O) groups excluding carboxylic acids is 1. The molecule has 1 heterocycles. The summed E-state index contributed by atoms with van der Waals surface area (Å²) >= 11 is 2.11. The molecule has 0 bridgehead atoms. The average Bonchev–Trinajstić information content (AvgIpc) is 3.37. The Hall–Kier alpha value is -1.23. The van der Waals surface area contributed by atoms with Gasteiger partial charge >= 0.3 is 6.09 Å². The maximum absolute atomic E-state index is 14.8. The van der Waals surface area contributed by atoms with Crippen LogP contribution in [0.15, 0.2) is 27.6 Å². The molecule has 0 aromatic heterocycles. The molecule has 1 aliphatic carbocycles. The summed E-state index contributed by atoms with van der Waals surface area (Å²) in [5.41, 5.74) is -1.50. The number of ether oxygens (including phenoxy) is 1. The molecule has 1 amide bonds. The lowest BCUT2D eigenvalue weighted by Gasteiger charge is -2.42. The van der Waals surface area contributed by atoms with Crippen LogP contribution < -0.4 is 5.32 Å². The number of alkyl carbamates (subject to hydrolysis) is 1. The zero-order chi connectivity index (χ0) is 22.5. The zero-order valence-electron chi connectivity index (χ0n) is 18.2. The molecule has 1 N–H and O–H groups in total. The first-order valence-corrected chi connectivity index (χ1v) is 12.7. The van der Waals surface area contributed by atoms with Gasteiger partial charge in [-0.3, -0.25) is 10.3 Å². The van der Waals surface area contributed by atoms with Crippen LogP contribution in [0.1, 0.15) is 59.9 Å². The number of rotatable bonds is 2. The Labute approximate surface area is 191 Å². The van der Waals surface area contributed by atoms with E-state index in [4.69, 9.17) is 9.73 Å². The van der Waals surface area contributed by atoms with Crippen molar-refractivity contribution in [3.05, 3.63) is 33.1 Å². The van der Waals surface area contributed by atoms with Gasteiger partial charge in [-0.15, -0.1) is 0 Å². The van der Waals surface area contributed by atoms with E-state index in [1.165, 1.54) is 6.07 Å². The molecule has 2 atom stereocenters. The number of hydrogen-bond donors (Lipinski definition) is 1. The van der Waals surface area contributed by atoms with Gasteiger partial charge in [0.1, 0.15) is 27.5 Å². The molecule has 166 valence electrons. The average molecular weight is 549 g/mol. The van der Waals surface area contributed by atoms with E-state index in [2.05, 4.69) is 32.3 Å². The molecular formula is C21H29FIN3O3S. The van der Waals surface area contributed by atoms with Crippen molar-refractivity contribution in [3.63, 3.8) is 0 Å². The SMILES string of the molecule is CC(C)(C)OC(=O)NC1=N[C@](C)(c2cc(I)ccc2F)C[S@](=O)(=NC2CC2)C1(C)C. The Morgan fingerprint density at radius 1 is 1.33 bits per heavy atom. The molecule has 1 aliphatic heterocycles. The fourth-order valence-electron chi connectivity index (χ4n) is 3.34. The van der Waals surface area contributed by atoms with Crippen molar-refractivity contribution in [3.8, 4) is 0 Å². The fraction of sp³-hybridized carbons (Fsp3) is 0.619. The minimum Gasteiger partial charge on any atom is -0.444 e. The van der Waals surface area contributed by atoms with Crippen molar-refractivity contribution in [2.24, 2.45) is 9.36 Å². The topological polar surface area (TPSA) is 80.1 Å². The molecule has 1 aromatic carbocycles. The highest BCUT2D eigenvalue weighted by molar-refractivity contribution is 14.1. The van der Waals surface area contributed by atoms with Crippen LogP contribution in [-0.2, 0) is 20.0 Å². The van der Waals surface area contributed by atoms with Gasteiger partial charge in [-0.2, -0.15) is 0 Å². The zero-order valence-corrected chi connectivity index (χ0v) is 21.2. The summed E-state index contributed by atoms with van der Waals surface area (Å²) in [6.45, 7) is 10.6. The predicted octanol–water partition coefficient (Wildman–Crippen LogP) is 4.99. The van der Waals surface area contributed by atoms with Crippen molar-refractivity contribution >= 4 is 44.2 Å². The van der Waals surface area contributed by atoms with Gasteiger partial charge in [0.2, 0.25) is 0 Å². The van der Waals surface area contributed by atoms with Gasteiger partial charge in [0, 0.05) is 9.13 Å². The first-order chi connectivity index (χ1) is 13.7. The first kappa shape index (κ1) is 23.4. The third kappa shape index (κ3) is 4.81. The van der Waals surface area contributed by atoms with Crippen molar-refractivity contribution in [2.75, 3.05) is 5.75 Å². The Morgan fingerprint density at radius 3 is 2.53 bits per heavy atom. The van der Waals surface area contributed by atoms with Gasteiger partial charge < -0.3 is 4.74 Å². The second kappa shape index (κ2) is 7.72. The minimum atomic E-state index is -2.87. The highest BCUT2D eigenvalue weighted by atomic mass is 127. The van der Waals surface area contributed by atoms with Crippen molar-refractivity contribution < 1.29 is 18.1 Å². The fourth-order valence-corrected chi connectivity index (χ4v) is 6.61. The summed E-state index contributed by atoms with van der Waals surface area (Å²) in [6, 6.07) is 4.81. The van der Waals surface area contributed by atoms with E-state index in [-0.39, 0.29) is 17.6 Å². The van der Waals surface area contributed by atoms with Crippen LogP contribution in [0.25, 0.3) is 0 Å². The number of benzene rings is 1.